The molecule has 0 fully saturated rings. The third kappa shape index (κ3) is 3.14. The number of benzene rings is 2. The van der Waals surface area contributed by atoms with Crippen LogP contribution < -0.4 is 9.47 Å². The summed E-state index contributed by atoms with van der Waals surface area (Å²) in [6, 6.07) is 14.0. The molecule has 2 aromatic carbocycles. The van der Waals surface area contributed by atoms with Crippen molar-refractivity contribution in [2.45, 2.75) is 17.6 Å². The van der Waals surface area contributed by atoms with Gasteiger partial charge >= 0.3 is 0 Å². The standard InChI is InChI=1S/C17H15NO2S/c1-12-8-13(10-18)2-3-14(12)11-21-15-4-5-16-17(9-15)20-7-6-19-16/h2-5,8-9H,6-7,11H2,1H3. The lowest BCUT2D eigenvalue weighted by Crippen LogP contribution is -2.15. The van der Waals surface area contributed by atoms with Crippen LogP contribution in [0.25, 0.3) is 0 Å². The van der Waals surface area contributed by atoms with Gasteiger partial charge in [0.1, 0.15) is 13.2 Å². The Morgan fingerprint density at radius 2 is 1.90 bits per heavy atom. The molecule has 0 radical (unpaired) electrons. The van der Waals surface area contributed by atoms with Crippen molar-refractivity contribution in [1.82, 2.24) is 0 Å². The minimum atomic E-state index is 0.607. The highest BCUT2D eigenvalue weighted by Crippen LogP contribution is 2.35. The van der Waals surface area contributed by atoms with E-state index in [9.17, 15) is 0 Å². The first kappa shape index (κ1) is 13.8. The van der Waals surface area contributed by atoms with Crippen molar-refractivity contribution in [3.05, 3.63) is 53.1 Å². The van der Waals surface area contributed by atoms with Gasteiger partial charge in [0, 0.05) is 10.6 Å². The molecule has 0 bridgehead atoms. The zero-order chi connectivity index (χ0) is 14.7. The molecule has 0 saturated heterocycles. The van der Waals surface area contributed by atoms with Gasteiger partial charge in [-0.25, -0.2) is 0 Å². The fourth-order valence-corrected chi connectivity index (χ4v) is 3.20. The summed E-state index contributed by atoms with van der Waals surface area (Å²) in [5.74, 6) is 2.51. The molecule has 1 aliphatic heterocycles. The summed E-state index contributed by atoms with van der Waals surface area (Å²) in [5.41, 5.74) is 3.11. The Hall–Kier alpha value is -2.12. The molecule has 21 heavy (non-hydrogen) atoms. The second-order valence-electron chi connectivity index (χ2n) is 4.85. The molecule has 0 amide bonds. The highest BCUT2D eigenvalue weighted by molar-refractivity contribution is 7.98. The van der Waals surface area contributed by atoms with Gasteiger partial charge in [-0.15, -0.1) is 11.8 Å². The lowest BCUT2D eigenvalue weighted by atomic mass is 10.1. The molecule has 3 rings (SSSR count). The summed E-state index contributed by atoms with van der Waals surface area (Å²) in [5, 5.41) is 8.89. The zero-order valence-corrected chi connectivity index (χ0v) is 12.6. The van der Waals surface area contributed by atoms with Crippen LogP contribution in [0.5, 0.6) is 11.5 Å². The van der Waals surface area contributed by atoms with Crippen molar-refractivity contribution in [2.75, 3.05) is 13.2 Å². The van der Waals surface area contributed by atoms with Crippen LogP contribution in [0.1, 0.15) is 16.7 Å². The molecule has 1 aliphatic rings. The van der Waals surface area contributed by atoms with Gasteiger partial charge in [0.25, 0.3) is 0 Å². The van der Waals surface area contributed by atoms with Crippen molar-refractivity contribution in [1.29, 1.82) is 5.26 Å². The Bertz CT molecular complexity index is 706. The maximum absolute atomic E-state index is 8.89. The number of fused-ring (bicyclic) bond motifs is 1. The number of nitriles is 1. The van der Waals surface area contributed by atoms with E-state index in [0.717, 1.165) is 27.7 Å². The van der Waals surface area contributed by atoms with E-state index in [1.165, 1.54) is 5.56 Å². The molecule has 106 valence electrons. The van der Waals surface area contributed by atoms with Gasteiger partial charge in [0.15, 0.2) is 11.5 Å². The van der Waals surface area contributed by atoms with Gasteiger partial charge in [-0.05, 0) is 48.4 Å². The smallest absolute Gasteiger partial charge is 0.162 e. The molecule has 0 spiro atoms. The Morgan fingerprint density at radius 1 is 1.10 bits per heavy atom. The van der Waals surface area contributed by atoms with E-state index in [1.807, 2.05) is 37.3 Å². The first-order valence-corrected chi connectivity index (χ1v) is 7.77. The van der Waals surface area contributed by atoms with E-state index in [-0.39, 0.29) is 0 Å². The van der Waals surface area contributed by atoms with Crippen LogP contribution in [0.2, 0.25) is 0 Å². The van der Waals surface area contributed by atoms with Crippen LogP contribution in [-0.2, 0) is 5.75 Å². The minimum Gasteiger partial charge on any atom is -0.486 e. The van der Waals surface area contributed by atoms with Gasteiger partial charge in [-0.1, -0.05) is 6.07 Å². The highest BCUT2D eigenvalue weighted by atomic mass is 32.2. The molecule has 0 saturated carbocycles. The summed E-state index contributed by atoms with van der Waals surface area (Å²) in [6.07, 6.45) is 0. The lowest BCUT2D eigenvalue weighted by molar-refractivity contribution is 0.171. The van der Waals surface area contributed by atoms with Gasteiger partial charge in [-0.3, -0.25) is 0 Å². The van der Waals surface area contributed by atoms with Crippen LogP contribution in [0.3, 0.4) is 0 Å². The molecule has 4 heteroatoms. The highest BCUT2D eigenvalue weighted by Gasteiger charge is 2.12. The molecule has 3 nitrogen and oxygen atoms in total. The molecule has 0 aromatic heterocycles. The van der Waals surface area contributed by atoms with E-state index >= 15 is 0 Å². The van der Waals surface area contributed by atoms with Gasteiger partial charge in [0.2, 0.25) is 0 Å². The predicted molar refractivity (Wildman–Crippen MR) is 82.9 cm³/mol. The molecule has 1 heterocycles. The molecular weight excluding hydrogens is 282 g/mol. The van der Waals surface area contributed by atoms with Gasteiger partial charge in [-0.2, -0.15) is 5.26 Å². The molecule has 0 N–H and O–H groups in total. The number of hydrogen-bond acceptors (Lipinski definition) is 4. The number of nitrogens with zero attached hydrogens (tertiary/aromatic N) is 1. The third-order valence-electron chi connectivity index (χ3n) is 3.38. The average Bonchev–Trinajstić information content (AvgIpc) is 2.53. The first-order chi connectivity index (χ1) is 10.3. The molecule has 2 aromatic rings. The maximum atomic E-state index is 8.89. The Balaban J connectivity index is 1.72. The normalized spacial score (nSPS) is 12.8. The molecule has 0 unspecified atom stereocenters. The summed E-state index contributed by atoms with van der Waals surface area (Å²) in [4.78, 5) is 1.16. The molecular formula is C17H15NO2S. The topological polar surface area (TPSA) is 42.2 Å². The third-order valence-corrected chi connectivity index (χ3v) is 4.42. The fraction of sp³-hybridized carbons (Fsp3) is 0.235. The summed E-state index contributed by atoms with van der Waals surface area (Å²) < 4.78 is 11.1. The monoisotopic (exact) mass is 297 g/mol. The average molecular weight is 297 g/mol. The lowest BCUT2D eigenvalue weighted by Gasteiger charge is -2.18. The number of aryl methyl sites for hydroxylation is 1. The van der Waals surface area contributed by atoms with Crippen LogP contribution in [0.4, 0.5) is 0 Å². The quantitative estimate of drug-likeness (QED) is 0.805. The van der Waals surface area contributed by atoms with Crippen molar-refractivity contribution in [2.24, 2.45) is 0 Å². The van der Waals surface area contributed by atoms with Gasteiger partial charge < -0.3 is 9.47 Å². The molecule has 0 aliphatic carbocycles. The number of thioether (sulfide) groups is 1. The number of rotatable bonds is 3. The SMILES string of the molecule is Cc1cc(C#N)ccc1CSc1ccc2c(c1)OCCO2. The van der Waals surface area contributed by atoms with E-state index in [1.54, 1.807) is 11.8 Å². The second kappa shape index (κ2) is 6.11. The Kier molecular flexibility index (Phi) is 4.03. The number of hydrogen-bond donors (Lipinski definition) is 0. The maximum Gasteiger partial charge on any atom is 0.162 e. The van der Waals surface area contributed by atoms with Crippen LogP contribution in [-0.4, -0.2) is 13.2 Å². The largest absolute Gasteiger partial charge is 0.486 e. The Morgan fingerprint density at radius 3 is 2.67 bits per heavy atom. The minimum absolute atomic E-state index is 0.607. The zero-order valence-electron chi connectivity index (χ0n) is 11.8. The van der Waals surface area contributed by atoms with E-state index in [2.05, 4.69) is 12.1 Å². The summed E-state index contributed by atoms with van der Waals surface area (Å²) in [7, 11) is 0. The fourth-order valence-electron chi connectivity index (χ4n) is 2.20. The second-order valence-corrected chi connectivity index (χ2v) is 5.90. The van der Waals surface area contributed by atoms with E-state index in [4.69, 9.17) is 14.7 Å². The predicted octanol–water partition coefficient (Wildman–Crippen LogP) is 3.93. The number of ether oxygens (including phenoxy) is 2. The first-order valence-electron chi connectivity index (χ1n) is 6.78. The van der Waals surface area contributed by atoms with E-state index < -0.39 is 0 Å². The van der Waals surface area contributed by atoms with Crippen LogP contribution >= 0.6 is 11.8 Å². The van der Waals surface area contributed by atoms with E-state index in [0.29, 0.717) is 18.8 Å². The molecule has 0 atom stereocenters. The van der Waals surface area contributed by atoms with Crippen molar-refractivity contribution in [3.63, 3.8) is 0 Å². The van der Waals surface area contributed by atoms with Crippen molar-refractivity contribution in [3.8, 4) is 17.6 Å². The summed E-state index contributed by atoms with van der Waals surface area (Å²) >= 11 is 1.76. The van der Waals surface area contributed by atoms with Crippen LogP contribution in [0.15, 0.2) is 41.3 Å². The van der Waals surface area contributed by atoms with Gasteiger partial charge in [0.05, 0.1) is 11.6 Å². The summed E-state index contributed by atoms with van der Waals surface area (Å²) in [6.45, 7) is 3.26. The Labute approximate surface area is 128 Å². The van der Waals surface area contributed by atoms with Crippen molar-refractivity contribution < 1.29 is 9.47 Å². The van der Waals surface area contributed by atoms with Crippen LogP contribution in [0, 0.1) is 18.3 Å². The van der Waals surface area contributed by atoms with Crippen molar-refractivity contribution >= 4 is 11.8 Å².